The third-order valence-corrected chi connectivity index (χ3v) is 2.35. The highest BCUT2D eigenvalue weighted by atomic mass is 31.1. The van der Waals surface area contributed by atoms with Crippen molar-refractivity contribution in [2.45, 2.75) is 12.1 Å². The van der Waals surface area contributed by atoms with Crippen LogP contribution in [0.2, 0.25) is 0 Å². The SMILES string of the molecule is BPC1CC(=O)OC1=O. The third-order valence-electron chi connectivity index (χ3n) is 1.22. The molecule has 3 nitrogen and oxygen atoms in total. The molecule has 0 saturated carbocycles. The molecule has 0 bridgehead atoms. The Hall–Kier alpha value is -0.365. The molecule has 2 unspecified atom stereocenters. The molecule has 1 rings (SSSR count). The molecular weight excluding hydrogens is 138 g/mol. The van der Waals surface area contributed by atoms with Crippen LogP contribution >= 0.6 is 8.46 Å². The first-order chi connectivity index (χ1) is 4.24. The lowest BCUT2D eigenvalue weighted by atomic mass is 10.3. The van der Waals surface area contributed by atoms with E-state index in [2.05, 4.69) is 4.74 Å². The van der Waals surface area contributed by atoms with Crippen LogP contribution in [0.3, 0.4) is 0 Å². The normalized spacial score (nSPS) is 27.8. The lowest BCUT2D eigenvalue weighted by Gasteiger charge is -1.94. The van der Waals surface area contributed by atoms with E-state index in [0.29, 0.717) is 8.46 Å². The number of ether oxygens (including phenoxy) is 1. The molecule has 0 aromatic rings. The topological polar surface area (TPSA) is 43.4 Å². The monoisotopic (exact) mass is 144 g/mol. The van der Waals surface area contributed by atoms with E-state index in [-0.39, 0.29) is 24.0 Å². The smallest absolute Gasteiger partial charge is 0.320 e. The Morgan fingerprint density at radius 2 is 2.33 bits per heavy atom. The van der Waals surface area contributed by atoms with Crippen molar-refractivity contribution in [3.05, 3.63) is 0 Å². The highest BCUT2D eigenvalue weighted by Gasteiger charge is 2.31. The van der Waals surface area contributed by atoms with E-state index in [1.807, 2.05) is 7.57 Å². The zero-order valence-corrected chi connectivity index (χ0v) is 6.01. The number of esters is 2. The van der Waals surface area contributed by atoms with Gasteiger partial charge in [0.05, 0.1) is 12.1 Å². The molecule has 2 atom stereocenters. The fourth-order valence-electron chi connectivity index (χ4n) is 0.695. The van der Waals surface area contributed by atoms with Crippen molar-refractivity contribution in [1.29, 1.82) is 0 Å². The minimum Gasteiger partial charge on any atom is -0.393 e. The first-order valence-corrected chi connectivity index (χ1v) is 4.23. The Morgan fingerprint density at radius 1 is 1.67 bits per heavy atom. The van der Waals surface area contributed by atoms with E-state index in [1.54, 1.807) is 0 Å². The predicted molar refractivity (Wildman–Crippen MR) is 36.4 cm³/mol. The Kier molecular flexibility index (Phi) is 1.86. The summed E-state index contributed by atoms with van der Waals surface area (Å²) < 4.78 is 4.29. The van der Waals surface area contributed by atoms with Crippen LogP contribution < -0.4 is 0 Å². The zero-order chi connectivity index (χ0) is 6.85. The van der Waals surface area contributed by atoms with Crippen LogP contribution in [-0.2, 0) is 14.3 Å². The highest BCUT2D eigenvalue weighted by molar-refractivity contribution is 7.67. The summed E-state index contributed by atoms with van der Waals surface area (Å²) in [7, 11) is 2.38. The van der Waals surface area contributed by atoms with Crippen molar-refractivity contribution in [3.63, 3.8) is 0 Å². The van der Waals surface area contributed by atoms with Gasteiger partial charge in [0, 0.05) is 0 Å². The van der Waals surface area contributed by atoms with Gasteiger partial charge in [0.1, 0.15) is 7.57 Å². The maximum Gasteiger partial charge on any atom is 0.320 e. The summed E-state index contributed by atoms with van der Waals surface area (Å²) in [6.07, 6.45) is 0.285. The molecule has 1 saturated heterocycles. The van der Waals surface area contributed by atoms with Crippen LogP contribution in [0.4, 0.5) is 0 Å². The highest BCUT2D eigenvalue weighted by Crippen LogP contribution is 2.23. The largest absolute Gasteiger partial charge is 0.393 e. The van der Waals surface area contributed by atoms with Crippen LogP contribution in [0.5, 0.6) is 0 Å². The van der Waals surface area contributed by atoms with E-state index in [4.69, 9.17) is 0 Å². The summed E-state index contributed by atoms with van der Waals surface area (Å²) in [5, 5.41) is 0. The molecule has 0 N–H and O–H groups in total. The molecule has 0 spiro atoms. The van der Waals surface area contributed by atoms with Crippen molar-refractivity contribution < 1.29 is 14.3 Å². The Labute approximate surface area is 55.3 Å². The number of hydrogen-bond donors (Lipinski definition) is 0. The molecule has 48 valence electrons. The van der Waals surface area contributed by atoms with Crippen molar-refractivity contribution in [2.75, 3.05) is 0 Å². The van der Waals surface area contributed by atoms with Crippen LogP contribution in [0, 0.1) is 0 Å². The quantitative estimate of drug-likeness (QED) is 0.206. The fraction of sp³-hybridized carbons (Fsp3) is 0.500. The minimum absolute atomic E-state index is 0.141. The van der Waals surface area contributed by atoms with Crippen molar-refractivity contribution in [1.82, 2.24) is 0 Å². The van der Waals surface area contributed by atoms with Gasteiger partial charge < -0.3 is 4.74 Å². The van der Waals surface area contributed by atoms with E-state index in [9.17, 15) is 9.59 Å². The van der Waals surface area contributed by atoms with Gasteiger partial charge in [-0.25, -0.2) is 0 Å². The summed E-state index contributed by atoms with van der Waals surface area (Å²) in [4.78, 5) is 21.0. The lowest BCUT2D eigenvalue weighted by Crippen LogP contribution is -2.06. The van der Waals surface area contributed by atoms with Gasteiger partial charge in [-0.05, 0) is 0 Å². The zero-order valence-electron chi connectivity index (χ0n) is 5.01. The first-order valence-electron chi connectivity index (χ1n) is 2.66. The van der Waals surface area contributed by atoms with Gasteiger partial charge in [-0.15, -0.1) is 8.46 Å². The summed E-state index contributed by atoms with van der Waals surface area (Å²) in [6, 6.07) is 0. The fourth-order valence-corrected chi connectivity index (χ4v) is 1.36. The molecule has 1 heterocycles. The Morgan fingerprint density at radius 3 is 2.56 bits per heavy atom. The summed E-state index contributed by atoms with van der Waals surface area (Å²) in [6.45, 7) is 0. The molecule has 0 aromatic heterocycles. The molecule has 0 aliphatic carbocycles. The van der Waals surface area contributed by atoms with Gasteiger partial charge in [0.2, 0.25) is 0 Å². The van der Waals surface area contributed by atoms with E-state index in [1.165, 1.54) is 0 Å². The van der Waals surface area contributed by atoms with Crippen molar-refractivity contribution in [2.24, 2.45) is 0 Å². The van der Waals surface area contributed by atoms with E-state index < -0.39 is 0 Å². The second kappa shape index (κ2) is 2.48. The summed E-state index contributed by atoms with van der Waals surface area (Å²) in [5.74, 6) is -0.722. The number of rotatable bonds is 1. The second-order valence-electron chi connectivity index (χ2n) is 1.84. The van der Waals surface area contributed by atoms with Gasteiger partial charge in [-0.2, -0.15) is 0 Å². The number of carbonyl (C=O) groups excluding carboxylic acids is 2. The standard InChI is InChI=1S/C4H6BO3P/c5-9-2-1-3(6)8-4(2)7/h2,9H,1,5H2. The number of cyclic esters (lactones) is 2. The minimum atomic E-state index is -0.376. The predicted octanol–water partition coefficient (Wildman–Crippen LogP) is -0.945. The number of hydrogen-bond acceptors (Lipinski definition) is 3. The van der Waals surface area contributed by atoms with E-state index >= 15 is 0 Å². The van der Waals surface area contributed by atoms with Crippen LogP contribution in [0.15, 0.2) is 0 Å². The van der Waals surface area contributed by atoms with Gasteiger partial charge in [-0.3, -0.25) is 9.59 Å². The Bertz CT molecular complexity index is 158. The molecule has 0 amide bonds. The van der Waals surface area contributed by atoms with Gasteiger partial charge in [0.25, 0.3) is 0 Å². The van der Waals surface area contributed by atoms with Crippen molar-refractivity contribution in [3.8, 4) is 0 Å². The molecular formula is C4H6BO3P. The Balaban J connectivity index is 2.58. The van der Waals surface area contributed by atoms with Gasteiger partial charge in [0.15, 0.2) is 0 Å². The van der Waals surface area contributed by atoms with Gasteiger partial charge >= 0.3 is 11.9 Å². The first kappa shape index (κ1) is 6.75. The summed E-state index contributed by atoms with van der Waals surface area (Å²) >= 11 is 0. The average molecular weight is 144 g/mol. The third kappa shape index (κ3) is 1.30. The molecule has 1 aliphatic rings. The molecule has 0 aromatic carbocycles. The maximum absolute atomic E-state index is 10.6. The molecule has 1 fully saturated rings. The van der Waals surface area contributed by atoms with Crippen molar-refractivity contribution >= 4 is 28.0 Å². The lowest BCUT2D eigenvalue weighted by molar-refractivity contribution is -0.151. The van der Waals surface area contributed by atoms with Gasteiger partial charge in [-0.1, -0.05) is 0 Å². The molecule has 5 heteroatoms. The molecule has 1 aliphatic heterocycles. The second-order valence-corrected chi connectivity index (χ2v) is 3.11. The molecule has 9 heavy (non-hydrogen) atoms. The molecule has 0 radical (unpaired) electrons. The van der Waals surface area contributed by atoms with E-state index in [0.717, 1.165) is 0 Å². The van der Waals surface area contributed by atoms with Crippen LogP contribution in [0.1, 0.15) is 6.42 Å². The summed E-state index contributed by atoms with van der Waals surface area (Å²) in [5.41, 5.74) is -0.141. The average Bonchev–Trinajstić information content (AvgIpc) is 2.10. The number of carbonyl (C=O) groups is 2. The van der Waals surface area contributed by atoms with Crippen LogP contribution in [0.25, 0.3) is 0 Å². The van der Waals surface area contributed by atoms with Crippen LogP contribution in [-0.4, -0.2) is 25.2 Å². The maximum atomic E-state index is 10.6.